The quantitative estimate of drug-likeness (QED) is 0.757. The van der Waals surface area contributed by atoms with Crippen molar-refractivity contribution in [3.63, 3.8) is 0 Å². The van der Waals surface area contributed by atoms with E-state index in [9.17, 15) is 0 Å². The van der Waals surface area contributed by atoms with Crippen LogP contribution < -0.4 is 4.90 Å². The zero-order chi connectivity index (χ0) is 12.4. The van der Waals surface area contributed by atoms with Crippen molar-refractivity contribution in [2.45, 2.75) is 0 Å². The number of ether oxygens (including phenoxy) is 1. The van der Waals surface area contributed by atoms with Gasteiger partial charge in [-0.3, -0.25) is 0 Å². The number of nitrogens with zero attached hydrogens (tertiary/aromatic N) is 2. The fourth-order valence-corrected chi connectivity index (χ4v) is 3.17. The van der Waals surface area contributed by atoms with E-state index in [0.717, 1.165) is 37.1 Å². The molecule has 1 fully saturated rings. The third-order valence-corrected chi connectivity index (χ3v) is 4.53. The van der Waals surface area contributed by atoms with Crippen molar-refractivity contribution in [1.29, 1.82) is 0 Å². The molecular formula is C13H13IN2OS. The van der Waals surface area contributed by atoms with Gasteiger partial charge in [-0.1, -0.05) is 12.1 Å². The van der Waals surface area contributed by atoms with E-state index in [1.54, 1.807) is 11.3 Å². The molecular weight excluding hydrogens is 359 g/mol. The number of benzene rings is 1. The van der Waals surface area contributed by atoms with Crippen LogP contribution in [0.15, 0.2) is 29.6 Å². The number of thiazole rings is 1. The lowest BCUT2D eigenvalue weighted by molar-refractivity contribution is 0.122. The Morgan fingerprint density at radius 2 is 1.89 bits per heavy atom. The van der Waals surface area contributed by atoms with Crippen LogP contribution in [0.25, 0.3) is 11.3 Å². The van der Waals surface area contributed by atoms with Gasteiger partial charge in [0.15, 0.2) is 5.13 Å². The zero-order valence-corrected chi connectivity index (χ0v) is 12.8. The first-order chi connectivity index (χ1) is 8.83. The van der Waals surface area contributed by atoms with Gasteiger partial charge in [-0.25, -0.2) is 4.98 Å². The number of hydrogen-bond acceptors (Lipinski definition) is 4. The van der Waals surface area contributed by atoms with Gasteiger partial charge in [-0.2, -0.15) is 0 Å². The van der Waals surface area contributed by atoms with Crippen molar-refractivity contribution in [3.05, 3.63) is 33.2 Å². The van der Waals surface area contributed by atoms with Gasteiger partial charge >= 0.3 is 0 Å². The number of morpholine rings is 1. The maximum atomic E-state index is 5.36. The van der Waals surface area contributed by atoms with Gasteiger partial charge in [0.25, 0.3) is 0 Å². The molecule has 2 aromatic rings. The molecule has 0 amide bonds. The van der Waals surface area contributed by atoms with Crippen LogP contribution in [0.5, 0.6) is 0 Å². The molecule has 0 spiro atoms. The highest BCUT2D eigenvalue weighted by atomic mass is 127. The number of anilines is 1. The van der Waals surface area contributed by atoms with Crippen LogP contribution >= 0.6 is 33.9 Å². The second-order valence-corrected chi connectivity index (χ2v) is 6.20. The summed E-state index contributed by atoms with van der Waals surface area (Å²) in [6.07, 6.45) is 0. The molecule has 5 heteroatoms. The molecule has 1 aliphatic rings. The van der Waals surface area contributed by atoms with Crippen LogP contribution in [-0.4, -0.2) is 31.3 Å². The fraction of sp³-hybridized carbons (Fsp3) is 0.308. The summed E-state index contributed by atoms with van der Waals surface area (Å²) in [5.41, 5.74) is 2.25. The van der Waals surface area contributed by atoms with Crippen molar-refractivity contribution in [1.82, 2.24) is 4.98 Å². The summed E-state index contributed by atoms with van der Waals surface area (Å²) in [6.45, 7) is 3.50. The minimum atomic E-state index is 0.804. The van der Waals surface area contributed by atoms with E-state index >= 15 is 0 Å². The van der Waals surface area contributed by atoms with Crippen molar-refractivity contribution in [3.8, 4) is 11.3 Å². The van der Waals surface area contributed by atoms with Crippen LogP contribution in [0.3, 0.4) is 0 Å². The standard InChI is InChI=1S/C13H13IN2OS/c14-11-3-1-10(2-4-11)12-9-18-13(15-12)16-5-7-17-8-6-16/h1-4,9H,5-8H2. The molecule has 0 unspecified atom stereocenters. The summed E-state index contributed by atoms with van der Waals surface area (Å²) in [4.78, 5) is 7.02. The van der Waals surface area contributed by atoms with E-state index in [1.807, 2.05) is 0 Å². The molecule has 0 radical (unpaired) electrons. The normalized spacial score (nSPS) is 15.9. The van der Waals surface area contributed by atoms with Gasteiger partial charge in [-0.15, -0.1) is 11.3 Å². The smallest absolute Gasteiger partial charge is 0.186 e. The summed E-state index contributed by atoms with van der Waals surface area (Å²) in [6, 6.07) is 8.48. The second-order valence-electron chi connectivity index (χ2n) is 4.12. The highest BCUT2D eigenvalue weighted by Crippen LogP contribution is 2.28. The largest absolute Gasteiger partial charge is 0.378 e. The molecule has 1 saturated heterocycles. The van der Waals surface area contributed by atoms with Crippen LogP contribution in [0.2, 0.25) is 0 Å². The summed E-state index contributed by atoms with van der Waals surface area (Å²) in [5, 5.41) is 3.24. The van der Waals surface area contributed by atoms with Crippen LogP contribution in [-0.2, 0) is 4.74 Å². The lowest BCUT2D eigenvalue weighted by Crippen LogP contribution is -2.36. The van der Waals surface area contributed by atoms with E-state index in [1.165, 1.54) is 9.13 Å². The third-order valence-electron chi connectivity index (χ3n) is 2.91. The molecule has 1 aliphatic heterocycles. The van der Waals surface area contributed by atoms with Crippen molar-refractivity contribution in [2.75, 3.05) is 31.2 Å². The molecule has 3 nitrogen and oxygen atoms in total. The summed E-state index contributed by atoms with van der Waals surface area (Å²) in [5.74, 6) is 0. The Morgan fingerprint density at radius 3 is 2.61 bits per heavy atom. The van der Waals surface area contributed by atoms with Crippen LogP contribution in [0.1, 0.15) is 0 Å². The van der Waals surface area contributed by atoms with Crippen molar-refractivity contribution >= 4 is 39.1 Å². The third kappa shape index (κ3) is 2.67. The lowest BCUT2D eigenvalue weighted by Gasteiger charge is -2.26. The van der Waals surface area contributed by atoms with E-state index < -0.39 is 0 Å². The number of aromatic nitrogens is 1. The Labute approximate surface area is 124 Å². The molecule has 0 saturated carbocycles. The molecule has 1 aromatic carbocycles. The highest BCUT2D eigenvalue weighted by Gasteiger charge is 2.14. The molecule has 3 rings (SSSR count). The van der Waals surface area contributed by atoms with Gasteiger partial charge in [0.05, 0.1) is 18.9 Å². The number of hydrogen-bond donors (Lipinski definition) is 0. The fourth-order valence-electron chi connectivity index (χ4n) is 1.92. The van der Waals surface area contributed by atoms with Crippen molar-refractivity contribution < 1.29 is 4.74 Å². The van der Waals surface area contributed by atoms with Gasteiger partial charge in [0.2, 0.25) is 0 Å². The average Bonchev–Trinajstić information content (AvgIpc) is 2.90. The molecule has 2 heterocycles. The highest BCUT2D eigenvalue weighted by molar-refractivity contribution is 14.1. The summed E-state index contributed by atoms with van der Waals surface area (Å²) in [7, 11) is 0. The first-order valence-electron chi connectivity index (χ1n) is 5.87. The minimum Gasteiger partial charge on any atom is -0.378 e. The lowest BCUT2D eigenvalue weighted by atomic mass is 10.2. The molecule has 0 N–H and O–H groups in total. The van der Waals surface area contributed by atoms with Gasteiger partial charge in [0, 0.05) is 27.6 Å². The van der Waals surface area contributed by atoms with E-state index in [-0.39, 0.29) is 0 Å². The Balaban J connectivity index is 1.82. The Kier molecular flexibility index (Phi) is 3.81. The first-order valence-corrected chi connectivity index (χ1v) is 7.83. The molecule has 18 heavy (non-hydrogen) atoms. The van der Waals surface area contributed by atoms with Gasteiger partial charge in [0.1, 0.15) is 0 Å². The predicted octanol–water partition coefficient (Wildman–Crippen LogP) is 3.25. The Bertz CT molecular complexity index is 520. The Morgan fingerprint density at radius 1 is 1.17 bits per heavy atom. The molecule has 94 valence electrons. The summed E-state index contributed by atoms with van der Waals surface area (Å²) >= 11 is 4.03. The molecule has 1 aromatic heterocycles. The Hall–Kier alpha value is -0.660. The SMILES string of the molecule is Ic1ccc(-c2csc(N3CCOCC3)n2)cc1. The number of halogens is 1. The van der Waals surface area contributed by atoms with E-state index in [2.05, 4.69) is 57.1 Å². The molecule has 0 atom stereocenters. The second kappa shape index (κ2) is 5.54. The summed E-state index contributed by atoms with van der Waals surface area (Å²) < 4.78 is 6.61. The topological polar surface area (TPSA) is 25.4 Å². The van der Waals surface area contributed by atoms with Gasteiger partial charge in [-0.05, 0) is 34.7 Å². The van der Waals surface area contributed by atoms with E-state index in [0.29, 0.717) is 0 Å². The maximum absolute atomic E-state index is 5.36. The number of rotatable bonds is 2. The van der Waals surface area contributed by atoms with E-state index in [4.69, 9.17) is 9.72 Å². The van der Waals surface area contributed by atoms with Crippen LogP contribution in [0, 0.1) is 3.57 Å². The molecule has 0 bridgehead atoms. The molecule has 0 aliphatic carbocycles. The minimum absolute atomic E-state index is 0.804. The van der Waals surface area contributed by atoms with Crippen molar-refractivity contribution in [2.24, 2.45) is 0 Å². The first kappa shape index (κ1) is 12.4. The monoisotopic (exact) mass is 372 g/mol. The average molecular weight is 372 g/mol. The zero-order valence-electron chi connectivity index (χ0n) is 9.80. The maximum Gasteiger partial charge on any atom is 0.186 e. The predicted molar refractivity (Wildman–Crippen MR) is 83.3 cm³/mol. The van der Waals surface area contributed by atoms with Gasteiger partial charge < -0.3 is 9.64 Å². The van der Waals surface area contributed by atoms with Crippen LogP contribution in [0.4, 0.5) is 5.13 Å².